The van der Waals surface area contributed by atoms with Crippen LogP contribution in [0, 0.1) is 0 Å². The van der Waals surface area contributed by atoms with Gasteiger partial charge in [-0.3, -0.25) is 0 Å². The molecule has 1 aromatic heterocycles. The van der Waals surface area contributed by atoms with E-state index in [1.165, 1.54) is 35.3 Å². The molecule has 3 aromatic rings. The molecule has 0 radical (unpaired) electrons. The lowest BCUT2D eigenvalue weighted by molar-refractivity contribution is 0.486. The summed E-state index contributed by atoms with van der Waals surface area (Å²) in [6, 6.07) is 12.7. The summed E-state index contributed by atoms with van der Waals surface area (Å²) in [7, 11) is -3.88. The van der Waals surface area contributed by atoms with Gasteiger partial charge in [-0.05, 0) is 52.9 Å². The van der Waals surface area contributed by atoms with Crippen LogP contribution in [0.2, 0.25) is 0 Å². The van der Waals surface area contributed by atoms with Crippen molar-refractivity contribution < 1.29 is 12.6 Å². The fraction of sp³-hybridized carbons (Fsp3) is 0. The average molecular weight is 381 g/mol. The van der Waals surface area contributed by atoms with E-state index in [1.807, 2.05) is 0 Å². The van der Waals surface area contributed by atoms with Gasteiger partial charge in [0.2, 0.25) is 0 Å². The van der Waals surface area contributed by atoms with E-state index in [1.54, 1.807) is 24.3 Å². The van der Waals surface area contributed by atoms with Crippen LogP contribution in [0.4, 0.5) is 0 Å². The van der Waals surface area contributed by atoms with E-state index < -0.39 is 10.1 Å². The number of tetrazole rings is 1. The summed E-state index contributed by atoms with van der Waals surface area (Å²) < 4.78 is 31.6. The third-order valence-corrected chi connectivity index (χ3v) is 4.48. The summed E-state index contributed by atoms with van der Waals surface area (Å²) in [5, 5.41) is 10.8. The second-order valence-corrected chi connectivity index (χ2v) is 6.71. The molecular formula is C13H9BrN4O3S. The number of hydrogen-bond acceptors (Lipinski definition) is 6. The molecule has 0 saturated heterocycles. The Bertz CT molecular complexity index is 880. The highest BCUT2D eigenvalue weighted by atomic mass is 79.9. The molecule has 1 heterocycles. The lowest BCUT2D eigenvalue weighted by Crippen LogP contribution is -2.09. The van der Waals surface area contributed by atoms with E-state index in [4.69, 9.17) is 4.18 Å². The predicted molar refractivity (Wildman–Crippen MR) is 81.1 cm³/mol. The van der Waals surface area contributed by atoms with Crippen LogP contribution in [0.15, 0.2) is 64.2 Å². The third kappa shape index (κ3) is 3.15. The van der Waals surface area contributed by atoms with Gasteiger partial charge in [0.1, 0.15) is 17.0 Å². The Morgan fingerprint density at radius 1 is 1.09 bits per heavy atom. The van der Waals surface area contributed by atoms with Crippen molar-refractivity contribution in [3.63, 3.8) is 0 Å². The van der Waals surface area contributed by atoms with Crippen LogP contribution in [0.1, 0.15) is 0 Å². The summed E-state index contributed by atoms with van der Waals surface area (Å²) in [6.07, 6.45) is 1.44. The first-order valence-electron chi connectivity index (χ1n) is 6.08. The molecule has 0 fully saturated rings. The molecular weight excluding hydrogens is 372 g/mol. The standard InChI is InChI=1S/C13H9BrN4O3S/c14-10-2-1-3-13(8-10)22(19,20)21-12-6-4-11(5-7-12)18-9-15-16-17-18/h1-9H. The zero-order chi connectivity index (χ0) is 15.6. The van der Waals surface area contributed by atoms with E-state index in [9.17, 15) is 8.42 Å². The molecule has 0 spiro atoms. The van der Waals surface area contributed by atoms with Gasteiger partial charge in [-0.1, -0.05) is 22.0 Å². The first kappa shape index (κ1) is 14.7. The maximum absolute atomic E-state index is 12.2. The number of hydrogen-bond donors (Lipinski definition) is 0. The molecule has 3 rings (SSSR count). The van der Waals surface area contributed by atoms with Gasteiger partial charge in [-0.2, -0.15) is 8.42 Å². The minimum atomic E-state index is -3.88. The minimum Gasteiger partial charge on any atom is -0.379 e. The summed E-state index contributed by atoms with van der Waals surface area (Å²) in [5.74, 6) is 0.205. The van der Waals surface area contributed by atoms with Crippen molar-refractivity contribution in [2.75, 3.05) is 0 Å². The Morgan fingerprint density at radius 3 is 2.50 bits per heavy atom. The second-order valence-electron chi connectivity index (χ2n) is 4.24. The number of rotatable bonds is 4. The fourth-order valence-corrected chi connectivity index (χ4v) is 3.26. The molecule has 0 aliphatic heterocycles. The van der Waals surface area contributed by atoms with E-state index in [0.29, 0.717) is 10.2 Å². The van der Waals surface area contributed by atoms with E-state index in [0.717, 1.165) is 0 Å². The highest BCUT2D eigenvalue weighted by Gasteiger charge is 2.16. The van der Waals surface area contributed by atoms with E-state index in [-0.39, 0.29) is 10.6 Å². The van der Waals surface area contributed by atoms with Gasteiger partial charge >= 0.3 is 10.1 Å². The number of benzene rings is 2. The van der Waals surface area contributed by atoms with Crippen molar-refractivity contribution in [2.45, 2.75) is 4.90 Å². The van der Waals surface area contributed by atoms with Crippen LogP contribution in [0.25, 0.3) is 5.69 Å². The maximum atomic E-state index is 12.2. The van der Waals surface area contributed by atoms with Gasteiger partial charge in [0, 0.05) is 4.47 Å². The Balaban J connectivity index is 1.84. The van der Waals surface area contributed by atoms with Crippen LogP contribution in [0.3, 0.4) is 0 Å². The molecule has 0 atom stereocenters. The molecule has 9 heteroatoms. The Morgan fingerprint density at radius 2 is 1.86 bits per heavy atom. The number of halogens is 1. The molecule has 2 aromatic carbocycles. The van der Waals surface area contributed by atoms with Crippen molar-refractivity contribution >= 4 is 26.0 Å². The van der Waals surface area contributed by atoms with Crippen molar-refractivity contribution in [3.8, 4) is 11.4 Å². The van der Waals surface area contributed by atoms with Crippen molar-refractivity contribution in [1.82, 2.24) is 20.2 Å². The molecule has 0 bridgehead atoms. The first-order chi connectivity index (χ1) is 10.5. The highest BCUT2D eigenvalue weighted by Crippen LogP contribution is 2.22. The van der Waals surface area contributed by atoms with Gasteiger partial charge in [0.25, 0.3) is 0 Å². The van der Waals surface area contributed by atoms with E-state index in [2.05, 4.69) is 31.5 Å². The van der Waals surface area contributed by atoms with Crippen LogP contribution in [-0.2, 0) is 10.1 Å². The van der Waals surface area contributed by atoms with Crippen molar-refractivity contribution in [2.24, 2.45) is 0 Å². The van der Waals surface area contributed by atoms with Crippen molar-refractivity contribution in [1.29, 1.82) is 0 Å². The Hall–Kier alpha value is -2.26. The SMILES string of the molecule is O=S(=O)(Oc1ccc(-n2cnnn2)cc1)c1cccc(Br)c1. The van der Waals surface area contributed by atoms with Gasteiger partial charge in [-0.25, -0.2) is 4.68 Å². The topological polar surface area (TPSA) is 87.0 Å². The summed E-state index contributed by atoms with van der Waals surface area (Å²) in [5.41, 5.74) is 0.692. The van der Waals surface area contributed by atoms with Crippen LogP contribution >= 0.6 is 15.9 Å². The maximum Gasteiger partial charge on any atom is 0.339 e. The third-order valence-electron chi connectivity index (χ3n) is 2.74. The van der Waals surface area contributed by atoms with Crippen LogP contribution < -0.4 is 4.18 Å². The highest BCUT2D eigenvalue weighted by molar-refractivity contribution is 9.10. The first-order valence-corrected chi connectivity index (χ1v) is 8.28. The molecule has 0 aliphatic carbocycles. The molecule has 22 heavy (non-hydrogen) atoms. The Labute approximate surface area is 134 Å². The quantitative estimate of drug-likeness (QED) is 0.644. The molecule has 112 valence electrons. The number of aromatic nitrogens is 4. The predicted octanol–water partition coefficient (Wildman–Crippen LogP) is 2.19. The van der Waals surface area contributed by atoms with Crippen LogP contribution in [-0.4, -0.2) is 28.6 Å². The zero-order valence-electron chi connectivity index (χ0n) is 11.0. The average Bonchev–Trinajstić information content (AvgIpc) is 3.02. The van der Waals surface area contributed by atoms with Crippen LogP contribution in [0.5, 0.6) is 5.75 Å². The largest absolute Gasteiger partial charge is 0.379 e. The summed E-state index contributed by atoms with van der Waals surface area (Å²) in [6.45, 7) is 0. The smallest absolute Gasteiger partial charge is 0.339 e. The molecule has 0 aliphatic rings. The zero-order valence-corrected chi connectivity index (χ0v) is 13.4. The van der Waals surface area contributed by atoms with Gasteiger partial charge < -0.3 is 4.18 Å². The molecule has 7 nitrogen and oxygen atoms in total. The van der Waals surface area contributed by atoms with Gasteiger partial charge in [-0.15, -0.1) is 5.10 Å². The minimum absolute atomic E-state index is 0.0754. The van der Waals surface area contributed by atoms with Crippen molar-refractivity contribution in [3.05, 3.63) is 59.3 Å². The normalized spacial score (nSPS) is 11.3. The molecule has 0 unspecified atom stereocenters. The van der Waals surface area contributed by atoms with E-state index >= 15 is 0 Å². The lowest BCUT2D eigenvalue weighted by atomic mass is 10.3. The second kappa shape index (κ2) is 5.85. The monoisotopic (exact) mass is 380 g/mol. The molecule has 0 amide bonds. The van der Waals surface area contributed by atoms with Gasteiger partial charge in [0.15, 0.2) is 0 Å². The number of nitrogens with zero attached hydrogens (tertiary/aromatic N) is 4. The molecule has 0 N–H and O–H groups in total. The van der Waals surface area contributed by atoms with Gasteiger partial charge in [0.05, 0.1) is 5.69 Å². The fourth-order valence-electron chi connectivity index (χ4n) is 1.73. The summed E-state index contributed by atoms with van der Waals surface area (Å²) in [4.78, 5) is 0.0754. The summed E-state index contributed by atoms with van der Waals surface area (Å²) >= 11 is 3.23. The molecule has 0 saturated carbocycles. The lowest BCUT2D eigenvalue weighted by Gasteiger charge is -2.08. The Kier molecular flexibility index (Phi) is 3.90.